The number of nitrogens with zero attached hydrogens (tertiary/aromatic N) is 6. The molecule has 0 aliphatic carbocycles. The monoisotopic (exact) mass is 895 g/mol. The van der Waals surface area contributed by atoms with Crippen molar-refractivity contribution in [1.82, 2.24) is 29.4 Å². The Labute approximate surface area is 398 Å². The Kier molecular flexibility index (Phi) is 13.8. The molecule has 6 rings (SSSR count). The van der Waals surface area contributed by atoms with E-state index in [2.05, 4.69) is 229 Å². The molecule has 0 saturated carbocycles. The molecular formula is C57H94N6O2. The smallest absolute Gasteiger partial charge is 0.239 e. The van der Waals surface area contributed by atoms with Crippen molar-refractivity contribution in [3.05, 3.63) is 71.8 Å². The summed E-state index contributed by atoms with van der Waals surface area (Å²) in [4.78, 5) is 50.0. The second kappa shape index (κ2) is 17.3. The van der Waals surface area contributed by atoms with Gasteiger partial charge in [-0.25, -0.2) is 0 Å². The Balaban J connectivity index is 1.68. The van der Waals surface area contributed by atoms with Crippen LogP contribution >= 0.6 is 0 Å². The maximum absolute atomic E-state index is 17.5. The zero-order valence-electron chi connectivity index (χ0n) is 45.2. The molecule has 4 saturated heterocycles. The first kappa shape index (κ1) is 51.6. The number of carbonyl (C=O) groups excluding carboxylic acids is 2. The molecule has 4 aliphatic rings. The van der Waals surface area contributed by atoms with Gasteiger partial charge in [-0.3, -0.25) is 29.2 Å². The van der Waals surface area contributed by atoms with Crippen molar-refractivity contribution in [3.8, 4) is 0 Å². The first-order valence-corrected chi connectivity index (χ1v) is 25.3. The zero-order chi connectivity index (χ0) is 48.7. The number of hydrogen-bond donors (Lipinski definition) is 0. The number of piperidine rings is 4. The molecule has 2 amide bonds. The van der Waals surface area contributed by atoms with Gasteiger partial charge in [0.05, 0.1) is 0 Å². The summed E-state index contributed by atoms with van der Waals surface area (Å²) < 4.78 is 0. The molecule has 0 atom stereocenters. The van der Waals surface area contributed by atoms with Gasteiger partial charge in [-0.2, -0.15) is 0 Å². The predicted octanol–water partition coefficient (Wildman–Crippen LogP) is 10.7. The van der Waals surface area contributed by atoms with Gasteiger partial charge in [0.25, 0.3) is 0 Å². The van der Waals surface area contributed by atoms with Gasteiger partial charge in [-0.05, 0) is 214 Å². The van der Waals surface area contributed by atoms with Crippen molar-refractivity contribution in [2.45, 2.75) is 243 Å². The van der Waals surface area contributed by atoms with E-state index in [0.29, 0.717) is 12.8 Å². The molecule has 0 N–H and O–H groups in total. The molecule has 0 unspecified atom stereocenters. The molecule has 2 aromatic carbocycles. The van der Waals surface area contributed by atoms with Gasteiger partial charge in [0.15, 0.2) is 0 Å². The van der Waals surface area contributed by atoms with Crippen LogP contribution in [0.1, 0.15) is 173 Å². The van der Waals surface area contributed by atoms with E-state index in [4.69, 9.17) is 0 Å². The molecule has 0 bridgehead atoms. The van der Waals surface area contributed by atoms with E-state index in [1.807, 2.05) is 0 Å². The molecule has 4 heterocycles. The van der Waals surface area contributed by atoms with Gasteiger partial charge >= 0.3 is 0 Å². The molecule has 8 nitrogen and oxygen atoms in total. The van der Waals surface area contributed by atoms with Crippen LogP contribution < -0.4 is 0 Å². The highest BCUT2D eigenvalue weighted by Gasteiger charge is 2.60. The van der Waals surface area contributed by atoms with Crippen LogP contribution in [0.3, 0.4) is 0 Å². The van der Waals surface area contributed by atoms with E-state index in [-0.39, 0.29) is 80.3 Å². The minimum Gasteiger partial charge on any atom is -0.335 e. The minimum atomic E-state index is -1.42. The summed E-state index contributed by atoms with van der Waals surface area (Å²) in [6.07, 6.45) is 7.38. The fourth-order valence-electron chi connectivity index (χ4n) is 14.2. The standard InChI is InChI=1S/C57H94N6O2/c1-49(2)33-43(34-50(3,4)58(49)17)62(44-35-51(5,6)59(18)52(7,8)36-44)47(64)57(31-41-27-23-21-24-28-41,32-42-29-25-22-26-30-42)48(65)63(45-37-53(9,10)60(19)54(11,12)38-45)46-39-55(13,14)61(20)56(15,16)40-46/h21-30,43-46H,31-40H2,1-20H3. The Morgan fingerprint density at radius 1 is 0.400 bits per heavy atom. The maximum atomic E-state index is 17.5. The summed E-state index contributed by atoms with van der Waals surface area (Å²) >= 11 is 0. The second-order valence-electron chi connectivity index (χ2n) is 26.8. The quantitative estimate of drug-likeness (QED) is 0.222. The molecular weight excluding hydrogens is 801 g/mol. The highest BCUT2D eigenvalue weighted by molar-refractivity contribution is 6.06. The largest absolute Gasteiger partial charge is 0.335 e. The van der Waals surface area contributed by atoms with Gasteiger partial charge < -0.3 is 9.80 Å². The van der Waals surface area contributed by atoms with Crippen LogP contribution in [0.25, 0.3) is 0 Å². The number of hydrogen-bond acceptors (Lipinski definition) is 6. The third-order valence-corrected chi connectivity index (χ3v) is 18.7. The minimum absolute atomic E-state index is 0.0282. The molecule has 2 aromatic rings. The fourth-order valence-corrected chi connectivity index (χ4v) is 14.2. The number of rotatable bonds is 10. The van der Waals surface area contributed by atoms with Gasteiger partial charge in [0.2, 0.25) is 11.8 Å². The van der Waals surface area contributed by atoms with E-state index < -0.39 is 5.41 Å². The number of carbonyl (C=O) groups is 2. The van der Waals surface area contributed by atoms with Crippen LogP contribution in [0.4, 0.5) is 0 Å². The van der Waals surface area contributed by atoms with Gasteiger partial charge in [-0.15, -0.1) is 0 Å². The van der Waals surface area contributed by atoms with E-state index in [1.165, 1.54) is 0 Å². The Morgan fingerprint density at radius 3 is 0.769 bits per heavy atom. The lowest BCUT2D eigenvalue weighted by Crippen LogP contribution is -2.72. The molecule has 0 spiro atoms. The van der Waals surface area contributed by atoms with Crippen molar-refractivity contribution in [2.75, 3.05) is 28.2 Å². The summed E-state index contributed by atoms with van der Waals surface area (Å²) in [7, 11) is 9.04. The van der Waals surface area contributed by atoms with Crippen LogP contribution in [-0.2, 0) is 22.4 Å². The SMILES string of the molecule is CN1C(C)(C)CC(N(C(=O)C(Cc2ccccc2)(Cc2ccccc2)C(=O)N(C2CC(C)(C)N(C)C(C)(C)C2)C2CC(C)(C)N(C)C(C)(C)C2)C2CC(C)(C)N(C)C(C)(C)C2)CC1(C)C. The summed E-state index contributed by atoms with van der Waals surface area (Å²) in [5.41, 5.74) is -0.725. The average molecular weight is 895 g/mol. The average Bonchev–Trinajstić information content (AvgIpc) is 3.17. The topological polar surface area (TPSA) is 53.6 Å². The lowest BCUT2D eigenvalue weighted by molar-refractivity contribution is -0.174. The summed E-state index contributed by atoms with van der Waals surface area (Å²) in [5, 5.41) is 0. The Hall–Kier alpha value is -2.78. The van der Waals surface area contributed by atoms with Crippen LogP contribution in [0.5, 0.6) is 0 Å². The van der Waals surface area contributed by atoms with Crippen molar-refractivity contribution in [3.63, 3.8) is 0 Å². The molecule has 0 aromatic heterocycles. The second-order valence-corrected chi connectivity index (χ2v) is 26.8. The van der Waals surface area contributed by atoms with Crippen molar-refractivity contribution < 1.29 is 9.59 Å². The van der Waals surface area contributed by atoms with Crippen LogP contribution in [0.15, 0.2) is 60.7 Å². The number of likely N-dealkylation sites (tertiary alicyclic amines) is 4. The fraction of sp³-hybridized carbons (Fsp3) is 0.754. The van der Waals surface area contributed by atoms with E-state index in [9.17, 15) is 0 Å². The van der Waals surface area contributed by atoms with Crippen LogP contribution in [0, 0.1) is 5.41 Å². The normalized spacial score (nSPS) is 26.4. The highest BCUT2D eigenvalue weighted by Crippen LogP contribution is 2.50. The molecule has 65 heavy (non-hydrogen) atoms. The maximum Gasteiger partial charge on any atom is 0.239 e. The molecule has 364 valence electrons. The van der Waals surface area contributed by atoms with Crippen molar-refractivity contribution >= 4 is 11.8 Å². The summed E-state index contributed by atoms with van der Waals surface area (Å²) in [6.45, 7) is 37.7. The van der Waals surface area contributed by atoms with Gasteiger partial charge in [0.1, 0.15) is 5.41 Å². The molecule has 4 aliphatic heterocycles. The van der Waals surface area contributed by atoms with Crippen molar-refractivity contribution in [2.24, 2.45) is 5.41 Å². The van der Waals surface area contributed by atoms with Crippen LogP contribution in [0.2, 0.25) is 0 Å². The number of amides is 2. The van der Waals surface area contributed by atoms with Gasteiger partial charge in [-0.1, -0.05) is 60.7 Å². The van der Waals surface area contributed by atoms with E-state index >= 15 is 9.59 Å². The summed E-state index contributed by atoms with van der Waals surface area (Å²) in [5.74, 6) is 0.0563. The predicted molar refractivity (Wildman–Crippen MR) is 272 cm³/mol. The molecule has 4 fully saturated rings. The summed E-state index contributed by atoms with van der Waals surface area (Å²) in [6, 6.07) is 20.8. The first-order chi connectivity index (χ1) is 29.6. The highest BCUT2D eigenvalue weighted by atomic mass is 16.2. The van der Waals surface area contributed by atoms with Gasteiger partial charge in [0, 0.05) is 68.5 Å². The Bertz CT molecular complexity index is 1700. The lowest BCUT2D eigenvalue weighted by Gasteiger charge is -2.62. The lowest BCUT2D eigenvalue weighted by atomic mass is 9.68. The molecule has 8 heteroatoms. The Morgan fingerprint density at radius 2 is 0.585 bits per heavy atom. The third-order valence-electron chi connectivity index (χ3n) is 18.7. The van der Waals surface area contributed by atoms with Crippen LogP contribution in [-0.4, -0.2) is 138 Å². The zero-order valence-corrected chi connectivity index (χ0v) is 45.2. The van der Waals surface area contributed by atoms with E-state index in [0.717, 1.165) is 62.5 Å². The third kappa shape index (κ3) is 9.91. The van der Waals surface area contributed by atoms with Crippen molar-refractivity contribution in [1.29, 1.82) is 0 Å². The number of benzene rings is 2. The first-order valence-electron chi connectivity index (χ1n) is 25.3. The van der Waals surface area contributed by atoms with E-state index in [1.54, 1.807) is 0 Å². The molecule has 0 radical (unpaired) electrons.